The standard InChI is InChI=1S/C19H22N2O3S/c1-2-19(18(23)20-12-14-5-4-10-25-14)11-13-7-8-16(19)21(13)17(22)15-6-3-9-24-15/h3-6,9-10,13,16H,2,7-8,11-12H2,1H3,(H,20,23)/t13-,16+,19+/m0/s1. The fourth-order valence-electron chi connectivity index (χ4n) is 4.56. The van der Waals surface area contributed by atoms with Crippen molar-refractivity contribution in [3.8, 4) is 0 Å². The summed E-state index contributed by atoms with van der Waals surface area (Å²) in [5, 5.41) is 5.12. The van der Waals surface area contributed by atoms with Crippen LogP contribution in [0.4, 0.5) is 0 Å². The van der Waals surface area contributed by atoms with Crippen molar-refractivity contribution in [3.05, 3.63) is 46.5 Å². The van der Waals surface area contributed by atoms with Gasteiger partial charge in [0.15, 0.2) is 5.76 Å². The van der Waals surface area contributed by atoms with Gasteiger partial charge in [-0.15, -0.1) is 11.3 Å². The Balaban J connectivity index is 1.54. The minimum absolute atomic E-state index is 0.0385. The van der Waals surface area contributed by atoms with Crippen LogP contribution in [0.15, 0.2) is 40.3 Å². The topological polar surface area (TPSA) is 62.6 Å². The first-order valence-corrected chi connectivity index (χ1v) is 9.70. The van der Waals surface area contributed by atoms with Crippen LogP contribution in [0.1, 0.15) is 48.0 Å². The van der Waals surface area contributed by atoms with Gasteiger partial charge in [0.2, 0.25) is 5.91 Å². The van der Waals surface area contributed by atoms with Gasteiger partial charge in [-0.3, -0.25) is 9.59 Å². The first-order valence-electron chi connectivity index (χ1n) is 8.82. The van der Waals surface area contributed by atoms with E-state index in [-0.39, 0.29) is 23.9 Å². The SMILES string of the molecule is CC[C@@]1(C(=O)NCc2cccs2)C[C@@H]2CC[C@H]1N2C(=O)c1ccco1. The Hall–Kier alpha value is -2.08. The number of carbonyl (C=O) groups is 2. The second kappa shape index (κ2) is 6.33. The molecule has 2 aromatic rings. The van der Waals surface area contributed by atoms with Crippen molar-refractivity contribution >= 4 is 23.2 Å². The molecule has 0 saturated carbocycles. The molecule has 2 fully saturated rings. The van der Waals surface area contributed by atoms with Crippen molar-refractivity contribution in [2.24, 2.45) is 5.41 Å². The van der Waals surface area contributed by atoms with E-state index in [4.69, 9.17) is 4.42 Å². The minimum atomic E-state index is -0.484. The maximum atomic E-state index is 13.1. The largest absolute Gasteiger partial charge is 0.459 e. The van der Waals surface area contributed by atoms with Crippen molar-refractivity contribution in [1.29, 1.82) is 0 Å². The zero-order chi connectivity index (χ0) is 17.4. The first kappa shape index (κ1) is 16.4. The summed E-state index contributed by atoms with van der Waals surface area (Å²) in [6, 6.07) is 7.54. The molecule has 0 radical (unpaired) electrons. The summed E-state index contributed by atoms with van der Waals surface area (Å²) >= 11 is 1.64. The molecule has 5 nitrogen and oxygen atoms in total. The van der Waals surface area contributed by atoms with Gasteiger partial charge >= 0.3 is 0 Å². The van der Waals surface area contributed by atoms with Crippen LogP contribution in [0.25, 0.3) is 0 Å². The molecule has 1 N–H and O–H groups in total. The second-order valence-electron chi connectivity index (χ2n) is 6.91. The molecule has 2 aliphatic heterocycles. The molecule has 2 aliphatic rings. The average Bonchev–Trinajstić information content (AvgIpc) is 3.42. The van der Waals surface area contributed by atoms with Gasteiger partial charge in [-0.1, -0.05) is 13.0 Å². The van der Waals surface area contributed by atoms with Crippen LogP contribution in [0.2, 0.25) is 0 Å². The van der Waals surface area contributed by atoms with E-state index in [1.54, 1.807) is 23.5 Å². The van der Waals surface area contributed by atoms with Crippen molar-refractivity contribution in [2.45, 2.75) is 51.2 Å². The maximum absolute atomic E-state index is 13.1. The molecule has 2 amide bonds. The summed E-state index contributed by atoms with van der Waals surface area (Å²) in [5.41, 5.74) is -0.484. The molecular formula is C19H22N2O3S. The Labute approximate surface area is 151 Å². The summed E-state index contributed by atoms with van der Waals surface area (Å²) < 4.78 is 5.30. The van der Waals surface area contributed by atoms with E-state index in [0.29, 0.717) is 12.3 Å². The lowest BCUT2D eigenvalue weighted by atomic mass is 9.71. The Morgan fingerprint density at radius 3 is 2.92 bits per heavy atom. The molecule has 2 saturated heterocycles. The Bertz CT molecular complexity index is 756. The van der Waals surface area contributed by atoms with E-state index in [2.05, 4.69) is 12.2 Å². The first-order chi connectivity index (χ1) is 12.2. The van der Waals surface area contributed by atoms with Crippen molar-refractivity contribution in [3.63, 3.8) is 0 Å². The van der Waals surface area contributed by atoms with Gasteiger partial charge in [-0.25, -0.2) is 0 Å². The molecule has 3 atom stereocenters. The maximum Gasteiger partial charge on any atom is 0.290 e. The molecule has 2 aromatic heterocycles. The van der Waals surface area contributed by atoms with Gasteiger partial charge < -0.3 is 14.6 Å². The van der Waals surface area contributed by atoms with Crippen LogP contribution < -0.4 is 5.32 Å². The molecule has 132 valence electrons. The molecule has 4 rings (SSSR count). The van der Waals surface area contributed by atoms with Gasteiger partial charge in [0.25, 0.3) is 5.91 Å². The van der Waals surface area contributed by atoms with Crippen molar-refractivity contribution in [1.82, 2.24) is 10.2 Å². The van der Waals surface area contributed by atoms with E-state index in [9.17, 15) is 9.59 Å². The average molecular weight is 358 g/mol. The summed E-state index contributed by atoms with van der Waals surface area (Å²) in [7, 11) is 0. The number of nitrogens with zero attached hydrogens (tertiary/aromatic N) is 1. The van der Waals surface area contributed by atoms with Crippen molar-refractivity contribution in [2.75, 3.05) is 0 Å². The summed E-state index contributed by atoms with van der Waals surface area (Å²) in [4.78, 5) is 29.0. The third-order valence-corrected chi connectivity index (χ3v) is 6.67. The van der Waals surface area contributed by atoms with Crippen LogP contribution in [-0.4, -0.2) is 28.8 Å². The van der Waals surface area contributed by atoms with Gasteiger partial charge in [-0.2, -0.15) is 0 Å². The number of carbonyl (C=O) groups excluding carboxylic acids is 2. The highest BCUT2D eigenvalue weighted by Gasteiger charge is 2.60. The number of hydrogen-bond acceptors (Lipinski definition) is 4. The summed E-state index contributed by atoms with van der Waals surface area (Å²) in [6.45, 7) is 2.61. The number of fused-ring (bicyclic) bond motifs is 2. The fourth-order valence-corrected chi connectivity index (χ4v) is 5.20. The minimum Gasteiger partial charge on any atom is -0.459 e. The summed E-state index contributed by atoms with van der Waals surface area (Å²) in [6.07, 6.45) is 4.86. The molecule has 2 bridgehead atoms. The normalized spacial score (nSPS) is 27.6. The van der Waals surface area contributed by atoms with Crippen LogP contribution in [0, 0.1) is 5.41 Å². The van der Waals surface area contributed by atoms with E-state index in [0.717, 1.165) is 30.6 Å². The molecule has 6 heteroatoms. The second-order valence-corrected chi connectivity index (χ2v) is 7.94. The quantitative estimate of drug-likeness (QED) is 0.891. The Morgan fingerprint density at radius 1 is 1.36 bits per heavy atom. The lowest BCUT2D eigenvalue weighted by molar-refractivity contribution is -0.133. The van der Waals surface area contributed by atoms with Gasteiger partial charge in [0.05, 0.1) is 18.2 Å². The van der Waals surface area contributed by atoms with E-state index < -0.39 is 5.41 Å². The molecule has 0 unspecified atom stereocenters. The van der Waals surface area contributed by atoms with Gasteiger partial charge in [0, 0.05) is 17.0 Å². The number of nitrogens with one attached hydrogen (secondary N) is 1. The molecule has 0 spiro atoms. The Kier molecular flexibility index (Phi) is 4.15. The number of thiophene rings is 1. The smallest absolute Gasteiger partial charge is 0.290 e. The third kappa shape index (κ3) is 2.59. The molecule has 4 heterocycles. The predicted octanol–water partition coefficient (Wildman–Crippen LogP) is 3.43. The summed E-state index contributed by atoms with van der Waals surface area (Å²) in [5.74, 6) is 0.356. The zero-order valence-corrected chi connectivity index (χ0v) is 15.1. The van der Waals surface area contributed by atoms with E-state index >= 15 is 0 Å². The number of rotatable bonds is 5. The van der Waals surface area contributed by atoms with Gasteiger partial charge in [-0.05, 0) is 49.3 Å². The number of hydrogen-bond donors (Lipinski definition) is 1. The lowest BCUT2D eigenvalue weighted by Gasteiger charge is -2.35. The van der Waals surface area contributed by atoms with Crippen LogP contribution in [0.5, 0.6) is 0 Å². The number of furan rings is 1. The van der Waals surface area contributed by atoms with E-state index in [1.807, 2.05) is 22.4 Å². The van der Waals surface area contributed by atoms with Crippen LogP contribution >= 0.6 is 11.3 Å². The number of amides is 2. The molecule has 0 aromatic carbocycles. The highest BCUT2D eigenvalue weighted by molar-refractivity contribution is 7.09. The molecule has 25 heavy (non-hydrogen) atoms. The van der Waals surface area contributed by atoms with Crippen LogP contribution in [0.3, 0.4) is 0 Å². The molecular weight excluding hydrogens is 336 g/mol. The van der Waals surface area contributed by atoms with Crippen LogP contribution in [-0.2, 0) is 11.3 Å². The lowest BCUT2D eigenvalue weighted by Crippen LogP contribution is -2.49. The predicted molar refractivity (Wildman–Crippen MR) is 95.2 cm³/mol. The highest BCUT2D eigenvalue weighted by atomic mass is 32.1. The third-order valence-electron chi connectivity index (χ3n) is 5.79. The van der Waals surface area contributed by atoms with Gasteiger partial charge in [0.1, 0.15) is 0 Å². The Morgan fingerprint density at radius 2 is 2.24 bits per heavy atom. The van der Waals surface area contributed by atoms with E-state index in [1.165, 1.54) is 6.26 Å². The van der Waals surface area contributed by atoms with Crippen molar-refractivity contribution < 1.29 is 14.0 Å². The monoisotopic (exact) mass is 358 g/mol. The molecule has 0 aliphatic carbocycles. The highest BCUT2D eigenvalue weighted by Crippen LogP contribution is 2.52. The fraction of sp³-hybridized carbons (Fsp3) is 0.474. The zero-order valence-electron chi connectivity index (χ0n) is 14.2.